The van der Waals surface area contributed by atoms with E-state index in [0.717, 1.165) is 0 Å². The minimum Gasteiger partial charge on any atom is -0.394 e. The Morgan fingerprint density at radius 2 is 2.05 bits per heavy atom. The van der Waals surface area contributed by atoms with Gasteiger partial charge in [-0.2, -0.15) is 0 Å². The predicted molar refractivity (Wildman–Crippen MR) is 64.5 cm³/mol. The van der Waals surface area contributed by atoms with Crippen LogP contribution in [0.25, 0.3) is 0 Å². The Kier molecular flexibility index (Phi) is 5.57. The number of aliphatic hydroxyl groups is 4. The zero-order chi connectivity index (χ0) is 14.4. The fourth-order valence-electron chi connectivity index (χ4n) is 1.37. The number of nitrogens with one attached hydrogen (secondary N) is 1. The van der Waals surface area contributed by atoms with Crippen molar-refractivity contribution in [3.05, 3.63) is 28.4 Å². The molecule has 0 amide bonds. The van der Waals surface area contributed by atoms with E-state index in [1.807, 2.05) is 0 Å². The van der Waals surface area contributed by atoms with Gasteiger partial charge in [0.1, 0.15) is 12.2 Å². The van der Waals surface area contributed by atoms with Crippen molar-refractivity contribution in [3.63, 3.8) is 0 Å². The van der Waals surface area contributed by atoms with E-state index >= 15 is 0 Å². The van der Waals surface area contributed by atoms with Gasteiger partial charge >= 0.3 is 5.69 Å². The largest absolute Gasteiger partial charge is 0.394 e. The average Bonchev–Trinajstić information content (AvgIpc) is 2.43. The molecule has 1 aromatic rings. The Hall–Kier alpha value is -1.81. The fourth-order valence-corrected chi connectivity index (χ4v) is 1.37. The normalized spacial score (nSPS) is 15.6. The molecule has 106 valence electrons. The Morgan fingerprint density at radius 1 is 1.37 bits per heavy atom. The number of hydrogen-bond donors (Lipinski definition) is 5. The molecule has 3 atom stereocenters. The first-order valence-corrected chi connectivity index (χ1v) is 5.45. The molecular formula is C10H15N3O6. The third-order valence-corrected chi connectivity index (χ3v) is 2.44. The van der Waals surface area contributed by atoms with Crippen LogP contribution >= 0.6 is 0 Å². The average molecular weight is 273 g/mol. The molecule has 0 aromatic carbocycles. The van der Waals surface area contributed by atoms with Gasteiger partial charge in [0.05, 0.1) is 17.6 Å². The summed E-state index contributed by atoms with van der Waals surface area (Å²) in [5.41, 5.74) is -0.271. The second-order valence-corrected chi connectivity index (χ2v) is 3.82. The first-order chi connectivity index (χ1) is 8.97. The summed E-state index contributed by atoms with van der Waals surface area (Å²) in [4.78, 5) is 13.8. The van der Waals surface area contributed by atoms with E-state index in [0.29, 0.717) is 0 Å². The molecule has 9 heteroatoms. The van der Waals surface area contributed by atoms with Crippen LogP contribution in [0.4, 0.5) is 11.5 Å². The van der Waals surface area contributed by atoms with Crippen LogP contribution in [-0.4, -0.2) is 61.8 Å². The molecule has 0 saturated heterocycles. The van der Waals surface area contributed by atoms with Crippen molar-refractivity contribution in [2.75, 3.05) is 18.5 Å². The van der Waals surface area contributed by atoms with Gasteiger partial charge in [0, 0.05) is 18.8 Å². The molecule has 1 heterocycles. The Bertz CT molecular complexity index is 429. The number of rotatable bonds is 7. The molecule has 0 unspecified atom stereocenters. The van der Waals surface area contributed by atoms with Crippen LogP contribution in [0.5, 0.6) is 0 Å². The Labute approximate surface area is 108 Å². The third-order valence-electron chi connectivity index (χ3n) is 2.44. The van der Waals surface area contributed by atoms with Gasteiger partial charge < -0.3 is 25.7 Å². The zero-order valence-corrected chi connectivity index (χ0v) is 9.88. The van der Waals surface area contributed by atoms with Gasteiger partial charge in [-0.3, -0.25) is 10.1 Å². The summed E-state index contributed by atoms with van der Waals surface area (Å²) in [6.07, 6.45) is -3.14. The maximum Gasteiger partial charge on any atom is 0.311 e. The minimum atomic E-state index is -1.57. The van der Waals surface area contributed by atoms with Crippen LogP contribution in [0.15, 0.2) is 18.3 Å². The summed E-state index contributed by atoms with van der Waals surface area (Å²) in [7, 11) is 0. The fraction of sp³-hybridized carbons (Fsp3) is 0.500. The molecule has 0 radical (unpaired) electrons. The highest BCUT2D eigenvalue weighted by atomic mass is 16.6. The second-order valence-electron chi connectivity index (χ2n) is 3.82. The van der Waals surface area contributed by atoms with E-state index in [4.69, 9.17) is 10.2 Å². The smallest absolute Gasteiger partial charge is 0.311 e. The maximum atomic E-state index is 10.7. The van der Waals surface area contributed by atoms with E-state index in [-0.39, 0.29) is 18.1 Å². The van der Waals surface area contributed by atoms with E-state index in [1.54, 1.807) is 0 Å². The van der Waals surface area contributed by atoms with Gasteiger partial charge in [-0.1, -0.05) is 0 Å². The van der Waals surface area contributed by atoms with Crippen molar-refractivity contribution in [2.24, 2.45) is 0 Å². The third kappa shape index (κ3) is 4.10. The summed E-state index contributed by atoms with van der Waals surface area (Å²) in [6, 6.07) is 2.63. The van der Waals surface area contributed by atoms with E-state index in [1.165, 1.54) is 18.3 Å². The quantitative estimate of drug-likeness (QED) is 0.297. The van der Waals surface area contributed by atoms with Gasteiger partial charge in [-0.05, 0) is 6.07 Å². The van der Waals surface area contributed by atoms with E-state index < -0.39 is 29.8 Å². The molecule has 1 rings (SSSR count). The Morgan fingerprint density at radius 3 is 2.63 bits per heavy atom. The molecule has 0 spiro atoms. The number of aromatic nitrogens is 1. The first-order valence-electron chi connectivity index (χ1n) is 5.45. The van der Waals surface area contributed by atoms with Crippen molar-refractivity contribution < 1.29 is 25.3 Å². The highest BCUT2D eigenvalue weighted by Gasteiger charge is 2.24. The molecule has 0 aliphatic heterocycles. The number of nitrogens with zero attached hydrogens (tertiary/aromatic N) is 2. The van der Waals surface area contributed by atoms with Gasteiger partial charge in [0.25, 0.3) is 0 Å². The maximum absolute atomic E-state index is 10.7. The molecule has 9 nitrogen and oxygen atoms in total. The number of pyridine rings is 1. The molecule has 1 aromatic heterocycles. The molecule has 19 heavy (non-hydrogen) atoms. The van der Waals surface area contributed by atoms with Crippen molar-refractivity contribution in [2.45, 2.75) is 18.3 Å². The molecule has 0 fully saturated rings. The molecule has 5 N–H and O–H groups in total. The highest BCUT2D eigenvalue weighted by Crippen LogP contribution is 2.20. The van der Waals surface area contributed by atoms with Crippen LogP contribution in [0.2, 0.25) is 0 Å². The lowest BCUT2D eigenvalue weighted by Crippen LogP contribution is -2.43. The molecular weight excluding hydrogens is 258 g/mol. The van der Waals surface area contributed by atoms with E-state index in [9.17, 15) is 20.3 Å². The summed E-state index contributed by atoms with van der Waals surface area (Å²) in [5.74, 6) is -0.0581. The standard InChI is InChI=1S/C10H15N3O6/c14-5-8(16)9(17)7(15)4-12-10-6(13(18)19)2-1-3-11-10/h1-3,7-9,14-17H,4-5H2,(H,11,12)/t7-,8+,9-/m0/s1. The van der Waals surface area contributed by atoms with Gasteiger partial charge in [0.15, 0.2) is 0 Å². The van der Waals surface area contributed by atoms with Crippen LogP contribution < -0.4 is 5.32 Å². The molecule has 0 aliphatic carbocycles. The summed E-state index contributed by atoms with van der Waals surface area (Å²) in [5, 5.41) is 49.8. The first kappa shape index (κ1) is 15.2. The lowest BCUT2D eigenvalue weighted by molar-refractivity contribution is -0.384. The second kappa shape index (κ2) is 6.95. The molecule has 0 saturated carbocycles. The highest BCUT2D eigenvalue weighted by molar-refractivity contribution is 5.55. The number of anilines is 1. The monoisotopic (exact) mass is 273 g/mol. The minimum absolute atomic E-state index is 0.0581. The number of aliphatic hydroxyl groups excluding tert-OH is 4. The van der Waals surface area contributed by atoms with Crippen LogP contribution in [0, 0.1) is 10.1 Å². The topological polar surface area (TPSA) is 149 Å². The van der Waals surface area contributed by atoms with Crippen molar-refractivity contribution >= 4 is 11.5 Å². The zero-order valence-electron chi connectivity index (χ0n) is 9.88. The lowest BCUT2D eigenvalue weighted by atomic mass is 10.1. The van der Waals surface area contributed by atoms with Gasteiger partial charge in [-0.15, -0.1) is 0 Å². The predicted octanol–water partition coefficient (Wildman–Crippen LogP) is -1.52. The van der Waals surface area contributed by atoms with Crippen molar-refractivity contribution in [3.8, 4) is 0 Å². The number of hydrogen-bond acceptors (Lipinski definition) is 8. The number of nitro groups is 1. The van der Waals surface area contributed by atoms with Crippen LogP contribution in [0.3, 0.4) is 0 Å². The Balaban J connectivity index is 2.64. The van der Waals surface area contributed by atoms with Crippen molar-refractivity contribution in [1.82, 2.24) is 4.98 Å². The molecule has 0 bridgehead atoms. The van der Waals surface area contributed by atoms with Gasteiger partial charge in [0.2, 0.25) is 5.82 Å². The van der Waals surface area contributed by atoms with Crippen LogP contribution in [0.1, 0.15) is 0 Å². The summed E-state index contributed by atoms with van der Waals surface area (Å²) < 4.78 is 0. The van der Waals surface area contributed by atoms with Gasteiger partial charge in [-0.25, -0.2) is 4.98 Å². The summed E-state index contributed by atoms with van der Waals surface area (Å²) in [6.45, 7) is -0.974. The van der Waals surface area contributed by atoms with Crippen LogP contribution in [-0.2, 0) is 0 Å². The van der Waals surface area contributed by atoms with Crippen molar-refractivity contribution in [1.29, 1.82) is 0 Å². The summed E-state index contributed by atoms with van der Waals surface area (Å²) >= 11 is 0. The van der Waals surface area contributed by atoms with E-state index in [2.05, 4.69) is 10.3 Å². The molecule has 0 aliphatic rings. The lowest BCUT2D eigenvalue weighted by Gasteiger charge is -2.21. The SMILES string of the molecule is O=[N+]([O-])c1cccnc1NC[C@H](O)[C@H](O)[C@H](O)CO.